The lowest BCUT2D eigenvalue weighted by Crippen LogP contribution is -2.34. The van der Waals surface area contributed by atoms with Crippen LogP contribution in [-0.4, -0.2) is 0 Å². The summed E-state index contributed by atoms with van der Waals surface area (Å²) in [5, 5.41) is 4.22. The van der Waals surface area contributed by atoms with Crippen molar-refractivity contribution >= 4 is 23.2 Å². The van der Waals surface area contributed by atoms with Crippen LogP contribution in [0.2, 0.25) is 0 Å². The highest BCUT2D eigenvalue weighted by molar-refractivity contribution is 7.95. The molecule has 0 aromatic heterocycles. The SMILES string of the molecule is Fc1ccc(CCc2ccccc2[P+](Cc2ccccc2)(c2ccccc2)c2ccccc2)cc1. The van der Waals surface area contributed by atoms with Crippen molar-refractivity contribution in [2.45, 2.75) is 19.0 Å². The van der Waals surface area contributed by atoms with E-state index in [0.29, 0.717) is 0 Å². The summed E-state index contributed by atoms with van der Waals surface area (Å²) in [6.45, 7) is 0. The Morgan fingerprint density at radius 3 is 1.57 bits per heavy atom. The number of benzene rings is 5. The van der Waals surface area contributed by atoms with Crippen molar-refractivity contribution in [1.82, 2.24) is 0 Å². The van der Waals surface area contributed by atoms with Crippen LogP contribution in [0.3, 0.4) is 0 Å². The molecule has 0 aliphatic rings. The predicted octanol–water partition coefficient (Wildman–Crippen LogP) is 7.11. The molecule has 0 unspecified atom stereocenters. The Balaban J connectivity index is 1.68. The minimum absolute atomic E-state index is 0.185. The van der Waals surface area contributed by atoms with E-state index in [1.807, 2.05) is 12.1 Å². The van der Waals surface area contributed by atoms with Crippen molar-refractivity contribution in [1.29, 1.82) is 0 Å². The molecule has 0 aliphatic carbocycles. The molecule has 35 heavy (non-hydrogen) atoms. The van der Waals surface area contributed by atoms with E-state index >= 15 is 0 Å². The molecule has 5 aromatic carbocycles. The van der Waals surface area contributed by atoms with E-state index in [4.69, 9.17) is 0 Å². The number of hydrogen-bond donors (Lipinski definition) is 0. The highest BCUT2D eigenvalue weighted by Gasteiger charge is 2.46. The molecule has 0 heterocycles. The first-order valence-corrected chi connectivity index (χ1v) is 14.1. The van der Waals surface area contributed by atoms with Gasteiger partial charge in [0, 0.05) is 0 Å². The molecule has 0 spiro atoms. The first-order valence-electron chi connectivity index (χ1n) is 12.1. The average molecular weight is 476 g/mol. The fourth-order valence-electron chi connectivity index (χ4n) is 4.94. The minimum atomic E-state index is -2.00. The summed E-state index contributed by atoms with van der Waals surface area (Å²) in [5.74, 6) is -0.185. The van der Waals surface area contributed by atoms with Crippen LogP contribution in [-0.2, 0) is 19.0 Å². The summed E-state index contributed by atoms with van der Waals surface area (Å²) in [7, 11) is -2.00. The van der Waals surface area contributed by atoms with Gasteiger partial charge in [0.25, 0.3) is 0 Å². The maximum Gasteiger partial charge on any atom is 0.123 e. The van der Waals surface area contributed by atoms with Crippen LogP contribution >= 0.6 is 7.26 Å². The van der Waals surface area contributed by atoms with Crippen LogP contribution in [0.25, 0.3) is 0 Å². The van der Waals surface area contributed by atoms with Crippen molar-refractivity contribution in [3.8, 4) is 0 Å². The summed E-state index contributed by atoms with van der Waals surface area (Å²) in [6, 6.07) is 48.8. The van der Waals surface area contributed by atoms with Crippen LogP contribution in [0.1, 0.15) is 16.7 Å². The second-order valence-corrected chi connectivity index (χ2v) is 12.3. The smallest absolute Gasteiger partial charge is 0.123 e. The summed E-state index contributed by atoms with van der Waals surface area (Å²) in [4.78, 5) is 0. The Kier molecular flexibility index (Phi) is 7.17. The van der Waals surface area contributed by atoms with Gasteiger partial charge in [0.05, 0.1) is 6.16 Å². The molecule has 0 amide bonds. The molecule has 5 rings (SSSR count). The lowest BCUT2D eigenvalue weighted by atomic mass is 10.0. The van der Waals surface area contributed by atoms with Crippen LogP contribution in [0.5, 0.6) is 0 Å². The quantitative estimate of drug-likeness (QED) is 0.210. The predicted molar refractivity (Wildman–Crippen MR) is 149 cm³/mol. The third kappa shape index (κ3) is 5.11. The highest BCUT2D eigenvalue weighted by atomic mass is 31.2. The molecule has 172 valence electrons. The van der Waals surface area contributed by atoms with Gasteiger partial charge in [-0.3, -0.25) is 0 Å². The van der Waals surface area contributed by atoms with Gasteiger partial charge >= 0.3 is 0 Å². The maximum absolute atomic E-state index is 13.5. The largest absolute Gasteiger partial charge is 0.207 e. The Morgan fingerprint density at radius 1 is 0.457 bits per heavy atom. The monoisotopic (exact) mass is 475 g/mol. The molecule has 0 saturated carbocycles. The topological polar surface area (TPSA) is 0 Å². The van der Waals surface area contributed by atoms with Gasteiger partial charge in [-0.15, -0.1) is 0 Å². The van der Waals surface area contributed by atoms with Crippen LogP contribution in [0.4, 0.5) is 4.39 Å². The van der Waals surface area contributed by atoms with E-state index in [2.05, 4.69) is 115 Å². The standard InChI is InChI=1S/C33H29FP/c34-30-24-21-27(22-25-30)20-23-29-14-10-11-19-33(29)35(31-15-6-2-7-16-31,32-17-8-3-9-18-32)26-28-12-4-1-5-13-28/h1-19,21-22,24-25H,20,23,26H2/q+1. The van der Waals surface area contributed by atoms with E-state index in [9.17, 15) is 4.39 Å². The zero-order valence-corrected chi connectivity index (χ0v) is 20.6. The Hall–Kier alpha value is -3.54. The zero-order chi connectivity index (χ0) is 23.9. The zero-order valence-electron chi connectivity index (χ0n) is 19.7. The van der Waals surface area contributed by atoms with E-state index in [0.717, 1.165) is 24.6 Å². The van der Waals surface area contributed by atoms with E-state index in [1.165, 1.54) is 27.0 Å². The summed E-state index contributed by atoms with van der Waals surface area (Å²) in [6.07, 6.45) is 2.76. The first-order chi connectivity index (χ1) is 17.3. The van der Waals surface area contributed by atoms with Crippen molar-refractivity contribution in [2.75, 3.05) is 0 Å². The minimum Gasteiger partial charge on any atom is -0.207 e. The van der Waals surface area contributed by atoms with Crippen LogP contribution in [0, 0.1) is 5.82 Å². The maximum atomic E-state index is 13.5. The molecule has 0 nitrogen and oxygen atoms in total. The molecule has 0 saturated heterocycles. The molecule has 0 fully saturated rings. The summed E-state index contributed by atoms with van der Waals surface area (Å²) >= 11 is 0. The Bertz CT molecular complexity index is 1310. The third-order valence-corrected chi connectivity index (χ3v) is 11.1. The molecular formula is C33H29FP+. The van der Waals surface area contributed by atoms with Crippen LogP contribution < -0.4 is 15.9 Å². The Morgan fingerprint density at radius 2 is 0.971 bits per heavy atom. The van der Waals surface area contributed by atoms with Crippen LogP contribution in [0.15, 0.2) is 140 Å². The molecule has 2 heteroatoms. The molecule has 0 bridgehead atoms. The summed E-state index contributed by atoms with van der Waals surface area (Å²) < 4.78 is 13.5. The van der Waals surface area contributed by atoms with Gasteiger partial charge in [0.1, 0.15) is 29.0 Å². The van der Waals surface area contributed by atoms with Crippen molar-refractivity contribution in [2.24, 2.45) is 0 Å². The van der Waals surface area contributed by atoms with Crippen molar-refractivity contribution in [3.63, 3.8) is 0 Å². The lowest BCUT2D eigenvalue weighted by Gasteiger charge is -2.29. The van der Waals surface area contributed by atoms with E-state index in [1.54, 1.807) is 12.1 Å². The second-order valence-electron chi connectivity index (χ2n) is 8.88. The normalized spacial score (nSPS) is 11.3. The second kappa shape index (κ2) is 10.8. The summed E-state index contributed by atoms with van der Waals surface area (Å²) in [5.41, 5.74) is 3.88. The number of hydrogen-bond acceptors (Lipinski definition) is 0. The number of rotatable bonds is 8. The fraction of sp³-hybridized carbons (Fsp3) is 0.0909. The van der Waals surface area contributed by atoms with Gasteiger partial charge in [-0.25, -0.2) is 4.39 Å². The average Bonchev–Trinajstić information content (AvgIpc) is 2.93. The molecule has 5 aromatic rings. The molecule has 0 N–H and O–H groups in total. The third-order valence-electron chi connectivity index (χ3n) is 6.66. The van der Waals surface area contributed by atoms with Gasteiger partial charge in [-0.05, 0) is 72.0 Å². The molecule has 0 aliphatic heterocycles. The number of halogens is 1. The lowest BCUT2D eigenvalue weighted by molar-refractivity contribution is 0.627. The van der Waals surface area contributed by atoms with E-state index in [-0.39, 0.29) is 5.82 Å². The fourth-order valence-corrected chi connectivity index (χ4v) is 9.47. The van der Waals surface area contributed by atoms with Crippen molar-refractivity contribution < 1.29 is 4.39 Å². The van der Waals surface area contributed by atoms with Gasteiger partial charge in [0.2, 0.25) is 0 Å². The number of aryl methyl sites for hydroxylation is 2. The van der Waals surface area contributed by atoms with Gasteiger partial charge < -0.3 is 0 Å². The highest BCUT2D eigenvalue weighted by Crippen LogP contribution is 2.58. The molecule has 0 radical (unpaired) electrons. The van der Waals surface area contributed by atoms with E-state index < -0.39 is 7.26 Å². The van der Waals surface area contributed by atoms with Gasteiger partial charge in [-0.1, -0.05) is 97.1 Å². The Labute approximate surface area is 208 Å². The molecular weight excluding hydrogens is 446 g/mol. The van der Waals surface area contributed by atoms with Gasteiger partial charge in [0.15, 0.2) is 0 Å². The van der Waals surface area contributed by atoms with Gasteiger partial charge in [-0.2, -0.15) is 0 Å². The molecule has 0 atom stereocenters. The van der Waals surface area contributed by atoms with Crippen molar-refractivity contribution in [3.05, 3.63) is 162 Å². The first kappa shape index (κ1) is 23.2.